The summed E-state index contributed by atoms with van der Waals surface area (Å²) >= 11 is 5.79. The molecule has 1 saturated carbocycles. The molecule has 2 unspecified atom stereocenters. The third-order valence-corrected chi connectivity index (χ3v) is 2.29. The van der Waals surface area contributed by atoms with Crippen LogP contribution in [-0.4, -0.2) is 11.4 Å². The lowest BCUT2D eigenvalue weighted by molar-refractivity contribution is 0.448. The highest BCUT2D eigenvalue weighted by molar-refractivity contribution is 6.21. The molecule has 1 aliphatic rings. The van der Waals surface area contributed by atoms with Crippen LogP contribution in [0.3, 0.4) is 0 Å². The number of nitroso groups, excluding NO2 is 1. The molecule has 0 aliphatic heterocycles. The van der Waals surface area contributed by atoms with Crippen LogP contribution in [0.1, 0.15) is 25.7 Å². The van der Waals surface area contributed by atoms with Crippen molar-refractivity contribution >= 4 is 11.6 Å². The summed E-state index contributed by atoms with van der Waals surface area (Å²) in [7, 11) is 0. The van der Waals surface area contributed by atoms with Crippen molar-refractivity contribution in [2.75, 3.05) is 0 Å². The molecule has 1 aliphatic carbocycles. The first-order chi connectivity index (χ1) is 4.34. The van der Waals surface area contributed by atoms with Crippen LogP contribution in [0.15, 0.2) is 5.18 Å². The van der Waals surface area contributed by atoms with Gasteiger partial charge in [-0.05, 0) is 12.8 Å². The lowest BCUT2D eigenvalue weighted by Crippen LogP contribution is -2.22. The van der Waals surface area contributed by atoms with Crippen LogP contribution in [0.5, 0.6) is 0 Å². The minimum absolute atomic E-state index is 0.0104. The Kier molecular flexibility index (Phi) is 2.46. The van der Waals surface area contributed by atoms with Gasteiger partial charge in [0, 0.05) is 0 Å². The van der Waals surface area contributed by atoms with Crippen molar-refractivity contribution in [1.29, 1.82) is 0 Å². The predicted molar refractivity (Wildman–Crippen MR) is 37.7 cm³/mol. The van der Waals surface area contributed by atoms with Crippen LogP contribution in [0.2, 0.25) is 0 Å². The van der Waals surface area contributed by atoms with Crippen molar-refractivity contribution in [1.82, 2.24) is 0 Å². The average molecular weight is 148 g/mol. The summed E-state index contributed by atoms with van der Waals surface area (Å²) in [6.45, 7) is 0. The highest BCUT2D eigenvalue weighted by Crippen LogP contribution is 2.24. The molecule has 0 radical (unpaired) electrons. The molecule has 0 heterocycles. The molecule has 0 aromatic rings. The van der Waals surface area contributed by atoms with E-state index in [1.165, 1.54) is 0 Å². The first-order valence-corrected chi connectivity index (χ1v) is 3.75. The fourth-order valence-electron chi connectivity index (χ4n) is 1.18. The summed E-state index contributed by atoms with van der Waals surface area (Å²) in [4.78, 5) is 10.0. The van der Waals surface area contributed by atoms with Gasteiger partial charge >= 0.3 is 0 Å². The minimum Gasteiger partial charge on any atom is -0.150 e. The zero-order valence-corrected chi connectivity index (χ0v) is 5.97. The fraction of sp³-hybridized carbons (Fsp3) is 1.00. The maximum atomic E-state index is 10.0. The Morgan fingerprint density at radius 3 is 2.44 bits per heavy atom. The molecule has 52 valence electrons. The van der Waals surface area contributed by atoms with Crippen LogP contribution < -0.4 is 0 Å². The number of rotatable bonds is 1. The largest absolute Gasteiger partial charge is 0.150 e. The smallest absolute Gasteiger partial charge is 0.108 e. The monoisotopic (exact) mass is 147 g/mol. The molecule has 9 heavy (non-hydrogen) atoms. The quantitative estimate of drug-likeness (QED) is 0.414. The van der Waals surface area contributed by atoms with Crippen molar-refractivity contribution in [3.63, 3.8) is 0 Å². The summed E-state index contributed by atoms with van der Waals surface area (Å²) in [6.07, 6.45) is 4.11. The van der Waals surface area contributed by atoms with E-state index in [1.54, 1.807) is 0 Å². The van der Waals surface area contributed by atoms with Gasteiger partial charge in [-0.3, -0.25) is 0 Å². The molecule has 2 nitrogen and oxygen atoms in total. The van der Waals surface area contributed by atoms with E-state index in [9.17, 15) is 4.91 Å². The Bertz CT molecular complexity index is 107. The van der Waals surface area contributed by atoms with Gasteiger partial charge in [0.05, 0.1) is 5.38 Å². The van der Waals surface area contributed by atoms with E-state index in [-0.39, 0.29) is 11.4 Å². The third kappa shape index (κ3) is 1.65. The fourth-order valence-corrected chi connectivity index (χ4v) is 1.51. The topological polar surface area (TPSA) is 29.4 Å². The summed E-state index contributed by atoms with van der Waals surface area (Å²) in [5.41, 5.74) is 0. The number of hydrogen-bond donors (Lipinski definition) is 0. The van der Waals surface area contributed by atoms with Gasteiger partial charge in [-0.15, -0.1) is 11.6 Å². The Morgan fingerprint density at radius 1 is 1.33 bits per heavy atom. The molecule has 0 aromatic heterocycles. The number of halogens is 1. The maximum Gasteiger partial charge on any atom is 0.108 e. The van der Waals surface area contributed by atoms with E-state index in [4.69, 9.17) is 11.6 Å². The van der Waals surface area contributed by atoms with Crippen molar-refractivity contribution in [2.45, 2.75) is 37.1 Å². The van der Waals surface area contributed by atoms with Crippen molar-refractivity contribution in [2.24, 2.45) is 5.18 Å². The lowest BCUT2D eigenvalue weighted by atomic mass is 9.96. The zero-order valence-electron chi connectivity index (χ0n) is 5.22. The number of alkyl halides is 1. The number of nitrogens with zero attached hydrogens (tertiary/aromatic N) is 1. The first-order valence-electron chi connectivity index (χ1n) is 3.31. The van der Waals surface area contributed by atoms with Crippen LogP contribution in [0.25, 0.3) is 0 Å². The van der Waals surface area contributed by atoms with E-state index >= 15 is 0 Å². The molecule has 0 aromatic carbocycles. The van der Waals surface area contributed by atoms with Gasteiger partial charge < -0.3 is 0 Å². The van der Waals surface area contributed by atoms with Gasteiger partial charge in [-0.1, -0.05) is 18.0 Å². The molecule has 1 rings (SSSR count). The van der Waals surface area contributed by atoms with Gasteiger partial charge in [-0.25, -0.2) is 0 Å². The predicted octanol–water partition coefficient (Wildman–Crippen LogP) is 2.30. The molecule has 0 saturated heterocycles. The van der Waals surface area contributed by atoms with Crippen molar-refractivity contribution in [3.05, 3.63) is 4.91 Å². The second-order valence-corrected chi connectivity index (χ2v) is 3.03. The van der Waals surface area contributed by atoms with E-state index in [1.807, 2.05) is 0 Å². The average Bonchev–Trinajstić information content (AvgIpc) is 1.89. The Morgan fingerprint density at radius 2 is 2.00 bits per heavy atom. The van der Waals surface area contributed by atoms with Crippen molar-refractivity contribution in [3.8, 4) is 0 Å². The molecule has 0 N–H and O–H groups in total. The summed E-state index contributed by atoms with van der Waals surface area (Å²) in [5.74, 6) is 0. The standard InChI is InChI=1S/C6H10ClNO/c7-5-3-1-2-4-6(5)8-9/h5-6H,1-4H2. The van der Waals surface area contributed by atoms with Gasteiger partial charge in [-0.2, -0.15) is 4.91 Å². The van der Waals surface area contributed by atoms with Gasteiger partial charge in [0.2, 0.25) is 0 Å². The van der Waals surface area contributed by atoms with E-state index in [2.05, 4.69) is 5.18 Å². The molecule has 2 atom stereocenters. The molecular formula is C6H10ClNO. The van der Waals surface area contributed by atoms with Crippen molar-refractivity contribution < 1.29 is 0 Å². The maximum absolute atomic E-state index is 10.0. The van der Waals surface area contributed by atoms with E-state index in [0.717, 1.165) is 25.7 Å². The highest BCUT2D eigenvalue weighted by atomic mass is 35.5. The summed E-state index contributed by atoms with van der Waals surface area (Å²) in [5, 5.41) is 2.96. The van der Waals surface area contributed by atoms with Crippen LogP contribution in [0.4, 0.5) is 0 Å². The first kappa shape index (κ1) is 7.00. The molecule has 1 fully saturated rings. The van der Waals surface area contributed by atoms with Gasteiger partial charge in [0.25, 0.3) is 0 Å². The zero-order chi connectivity index (χ0) is 6.69. The van der Waals surface area contributed by atoms with E-state index in [0.29, 0.717) is 0 Å². The molecule has 3 heteroatoms. The SMILES string of the molecule is O=NC1CCCCC1Cl. The lowest BCUT2D eigenvalue weighted by Gasteiger charge is -2.19. The Balaban J connectivity index is 2.38. The molecule has 0 amide bonds. The molecular weight excluding hydrogens is 138 g/mol. The van der Waals surface area contributed by atoms with E-state index < -0.39 is 0 Å². The Hall–Kier alpha value is -0.110. The third-order valence-electron chi connectivity index (χ3n) is 1.78. The van der Waals surface area contributed by atoms with Gasteiger partial charge in [0.1, 0.15) is 6.04 Å². The normalized spacial score (nSPS) is 36.1. The van der Waals surface area contributed by atoms with Gasteiger partial charge in [0.15, 0.2) is 0 Å². The highest BCUT2D eigenvalue weighted by Gasteiger charge is 2.23. The Labute approximate surface area is 59.6 Å². The summed E-state index contributed by atoms with van der Waals surface area (Å²) in [6, 6.07) is -0.111. The van der Waals surface area contributed by atoms with Crippen LogP contribution in [-0.2, 0) is 0 Å². The minimum atomic E-state index is -0.111. The second kappa shape index (κ2) is 3.16. The second-order valence-electron chi connectivity index (χ2n) is 2.47. The molecule has 0 spiro atoms. The van der Waals surface area contributed by atoms with Crippen LogP contribution >= 0.6 is 11.6 Å². The number of hydrogen-bond acceptors (Lipinski definition) is 2. The van der Waals surface area contributed by atoms with Crippen LogP contribution in [0, 0.1) is 4.91 Å². The molecule has 0 bridgehead atoms. The summed E-state index contributed by atoms with van der Waals surface area (Å²) < 4.78 is 0.